The highest BCUT2D eigenvalue weighted by Gasteiger charge is 2.39. The number of fused-ring (bicyclic) bond motifs is 2. The summed E-state index contributed by atoms with van der Waals surface area (Å²) in [6.07, 6.45) is 4.36. The smallest absolute Gasteiger partial charge is 0.228 e. The average molecular weight is 477 g/mol. The lowest BCUT2D eigenvalue weighted by Gasteiger charge is -2.28. The molecule has 1 saturated heterocycles. The summed E-state index contributed by atoms with van der Waals surface area (Å²) >= 11 is 0. The molecule has 0 spiro atoms. The largest absolute Gasteiger partial charge is 0.378 e. The molecule has 35 heavy (non-hydrogen) atoms. The van der Waals surface area contributed by atoms with Crippen molar-refractivity contribution in [1.82, 2.24) is 29.8 Å². The molecule has 0 radical (unpaired) electrons. The summed E-state index contributed by atoms with van der Waals surface area (Å²) in [6.45, 7) is 2.52. The van der Waals surface area contributed by atoms with Gasteiger partial charge >= 0.3 is 0 Å². The van der Waals surface area contributed by atoms with Crippen molar-refractivity contribution in [2.24, 2.45) is 11.8 Å². The minimum atomic E-state index is -2.20. The van der Waals surface area contributed by atoms with Crippen LogP contribution >= 0.6 is 0 Å². The molecule has 1 aliphatic carbocycles. The van der Waals surface area contributed by atoms with Gasteiger partial charge in [-0.2, -0.15) is 0 Å². The summed E-state index contributed by atoms with van der Waals surface area (Å²) in [5.74, 6) is 1.23. The molecule has 0 bridgehead atoms. The number of nitrogens with one attached hydrogen (secondary N) is 2. The third kappa shape index (κ3) is 4.12. The Morgan fingerprint density at radius 1 is 1.29 bits per heavy atom. The van der Waals surface area contributed by atoms with Gasteiger partial charge in [-0.1, -0.05) is 6.92 Å². The Kier molecular flexibility index (Phi) is 4.61. The quantitative estimate of drug-likeness (QED) is 0.432. The minimum absolute atomic E-state index is 0.0262. The Bertz CT molecular complexity index is 1520. The first-order valence-electron chi connectivity index (χ1n) is 13.2. The van der Waals surface area contributed by atoms with Crippen LogP contribution in [0.1, 0.15) is 24.3 Å². The lowest BCUT2D eigenvalue weighted by Crippen LogP contribution is -2.36. The van der Waals surface area contributed by atoms with Crippen molar-refractivity contribution in [2.75, 3.05) is 48.4 Å². The number of nitrogens with zero attached hydrogens (tertiary/aromatic N) is 7. The first-order chi connectivity index (χ1) is 18.2. The Morgan fingerprint density at radius 2 is 2.14 bits per heavy atom. The zero-order chi connectivity index (χ0) is 26.4. The van der Waals surface area contributed by atoms with Gasteiger partial charge in [0, 0.05) is 46.8 Å². The van der Waals surface area contributed by atoms with E-state index < -0.39 is 6.85 Å². The van der Waals surface area contributed by atoms with Crippen LogP contribution in [0.5, 0.6) is 0 Å². The summed E-state index contributed by atoms with van der Waals surface area (Å²) in [7, 11) is 0. The zero-order valence-electron chi connectivity index (χ0n) is 22.2. The number of hydrogen-bond donors (Lipinski definition) is 2. The third-order valence-corrected chi connectivity index (χ3v) is 6.52. The second-order valence-electron chi connectivity index (χ2n) is 8.90. The molecule has 0 aromatic carbocycles. The maximum atomic E-state index is 12.5. The third-order valence-electron chi connectivity index (χ3n) is 6.52. The number of ether oxygens (including phenoxy) is 1. The van der Waals surface area contributed by atoms with Crippen LogP contribution in [0.2, 0.25) is 0 Å². The van der Waals surface area contributed by atoms with Crippen LogP contribution in [0.15, 0.2) is 30.6 Å². The summed E-state index contributed by atoms with van der Waals surface area (Å²) in [6, 6.07) is 5.62. The monoisotopic (exact) mass is 476 g/mol. The molecule has 2 N–H and O–H groups in total. The van der Waals surface area contributed by atoms with Crippen LogP contribution in [0, 0.1) is 11.8 Å². The number of carbonyl (C=O) groups is 1. The molecular formula is C24H27N9O2. The van der Waals surface area contributed by atoms with Gasteiger partial charge in [0.1, 0.15) is 5.52 Å². The first kappa shape index (κ1) is 18.5. The number of morpholine rings is 1. The molecule has 180 valence electrons. The van der Waals surface area contributed by atoms with Crippen molar-refractivity contribution in [2.45, 2.75) is 20.2 Å². The van der Waals surface area contributed by atoms with E-state index in [0.29, 0.717) is 52.9 Å². The van der Waals surface area contributed by atoms with E-state index in [1.807, 2.05) is 25.3 Å². The second-order valence-corrected chi connectivity index (χ2v) is 8.90. The van der Waals surface area contributed by atoms with E-state index in [1.54, 1.807) is 16.8 Å². The fraction of sp³-hybridized carbons (Fsp3) is 0.417. The summed E-state index contributed by atoms with van der Waals surface area (Å²) in [5.41, 5.74) is 2.63. The number of hydrogen-bond acceptors (Lipinski definition) is 9. The number of amides is 1. The lowest BCUT2D eigenvalue weighted by molar-refractivity contribution is -0.117. The molecule has 0 unspecified atom stereocenters. The van der Waals surface area contributed by atoms with Gasteiger partial charge in [0.05, 0.1) is 25.1 Å². The highest BCUT2D eigenvalue weighted by atomic mass is 16.5. The summed E-state index contributed by atoms with van der Waals surface area (Å²) < 4.78 is 29.7. The van der Waals surface area contributed by atoms with Gasteiger partial charge in [-0.05, 0) is 37.4 Å². The predicted molar refractivity (Wildman–Crippen MR) is 132 cm³/mol. The number of pyridine rings is 2. The molecule has 2 fully saturated rings. The Hall–Kier alpha value is -3.86. The molecule has 11 nitrogen and oxygen atoms in total. The molecule has 2 atom stereocenters. The fourth-order valence-corrected chi connectivity index (χ4v) is 4.39. The Labute approximate surface area is 206 Å². The molecule has 4 aromatic heterocycles. The highest BCUT2D eigenvalue weighted by molar-refractivity contribution is 6.01. The molecule has 1 amide bonds. The second kappa shape index (κ2) is 8.73. The lowest BCUT2D eigenvalue weighted by atomic mass is 10.1. The van der Waals surface area contributed by atoms with E-state index in [1.165, 1.54) is 0 Å². The highest BCUT2D eigenvalue weighted by Crippen LogP contribution is 2.38. The van der Waals surface area contributed by atoms with E-state index in [4.69, 9.17) is 18.9 Å². The Morgan fingerprint density at radius 3 is 2.94 bits per heavy atom. The van der Waals surface area contributed by atoms with Crippen molar-refractivity contribution < 1.29 is 13.6 Å². The van der Waals surface area contributed by atoms with E-state index >= 15 is 0 Å². The normalized spacial score (nSPS) is 21.4. The molecule has 2 aliphatic rings. The van der Waals surface area contributed by atoms with Crippen LogP contribution in [0.3, 0.4) is 0 Å². The van der Waals surface area contributed by atoms with Gasteiger partial charge in [0.15, 0.2) is 23.1 Å². The number of aromatic nitrogens is 6. The van der Waals surface area contributed by atoms with Crippen LogP contribution in [0.25, 0.3) is 27.9 Å². The number of rotatable bonds is 6. The van der Waals surface area contributed by atoms with E-state index in [0.717, 1.165) is 25.2 Å². The molecule has 1 aliphatic heterocycles. The van der Waals surface area contributed by atoms with Gasteiger partial charge in [-0.25, -0.2) is 14.5 Å². The van der Waals surface area contributed by atoms with E-state index in [-0.39, 0.29) is 24.2 Å². The van der Waals surface area contributed by atoms with Crippen molar-refractivity contribution in [3.63, 3.8) is 0 Å². The summed E-state index contributed by atoms with van der Waals surface area (Å²) in [5, 5.41) is 19.4. The van der Waals surface area contributed by atoms with Crippen molar-refractivity contribution in [3.8, 4) is 11.4 Å². The maximum Gasteiger partial charge on any atom is 0.228 e. The van der Waals surface area contributed by atoms with E-state index in [9.17, 15) is 4.79 Å². The number of anilines is 3. The van der Waals surface area contributed by atoms with Gasteiger partial charge in [0.2, 0.25) is 5.91 Å². The topological polar surface area (TPSA) is 122 Å². The van der Waals surface area contributed by atoms with Crippen molar-refractivity contribution in [1.29, 1.82) is 0 Å². The molecule has 11 heteroatoms. The number of carbonyl (C=O) groups excluding carboxylic acids is 1. The first-order valence-corrected chi connectivity index (χ1v) is 11.7. The van der Waals surface area contributed by atoms with Gasteiger partial charge in [-0.15, -0.1) is 15.3 Å². The van der Waals surface area contributed by atoms with Crippen molar-refractivity contribution >= 4 is 39.8 Å². The minimum Gasteiger partial charge on any atom is -0.378 e. The van der Waals surface area contributed by atoms with Gasteiger partial charge in [-0.3, -0.25) is 4.79 Å². The van der Waals surface area contributed by atoms with Crippen molar-refractivity contribution in [3.05, 3.63) is 30.6 Å². The molecule has 5 heterocycles. The van der Waals surface area contributed by atoms with Crippen LogP contribution in [-0.2, 0) is 9.53 Å². The van der Waals surface area contributed by atoms with E-state index in [2.05, 4.69) is 30.7 Å². The predicted octanol–water partition coefficient (Wildman–Crippen LogP) is 2.60. The Balaban J connectivity index is 1.39. The van der Waals surface area contributed by atoms with Gasteiger partial charge < -0.3 is 20.3 Å². The zero-order valence-corrected chi connectivity index (χ0v) is 19.2. The molecule has 4 aromatic rings. The molecule has 1 saturated carbocycles. The average Bonchev–Trinajstić information content (AvgIpc) is 3.49. The molecular weight excluding hydrogens is 446 g/mol. The summed E-state index contributed by atoms with van der Waals surface area (Å²) in [4.78, 5) is 23.9. The standard InChI is InChI=1S/C24H27N9O2/c1-3-25-23-21-17(11-19(29-30-21)27-24(34)16-10-14(16)2)18(12-26-23)22-28-20-5-4-15(13-33(20)31-22)32-6-8-35-9-7-32/h4-5,11-14,16H,3,6-10H2,1-2H3,(H,25,26)(H,27,29,34)/t14-,16+/m1/s1/i1D3. The molecule has 6 rings (SSSR count). The maximum absolute atomic E-state index is 12.5. The van der Waals surface area contributed by atoms with Crippen LogP contribution in [-0.4, -0.2) is 68.5 Å². The SMILES string of the molecule is [2H]C([2H])([2H])CNc1ncc(-c2nc3ccc(N4CCOCC4)cn3n2)c2cc(NC(=O)[C@H]3C[C@H]3C)nnc12. The van der Waals surface area contributed by atoms with Crippen LogP contribution in [0.4, 0.5) is 17.3 Å². The van der Waals surface area contributed by atoms with Gasteiger partial charge in [0.25, 0.3) is 0 Å². The van der Waals surface area contributed by atoms with Crippen LogP contribution < -0.4 is 15.5 Å². The fourth-order valence-electron chi connectivity index (χ4n) is 4.39.